The zero-order valence-electron chi connectivity index (χ0n) is 21.7. The van der Waals surface area contributed by atoms with Crippen molar-refractivity contribution in [2.45, 2.75) is 38.1 Å². The molecular weight excluding hydrogens is 541 g/mol. The number of halogens is 4. The molecule has 0 radical (unpaired) electrons. The number of methoxy groups -OCH3 is 2. The zero-order valence-corrected chi connectivity index (χ0v) is 22.4. The number of pyridine rings is 1. The number of aromatic nitrogens is 1. The van der Waals surface area contributed by atoms with Crippen molar-refractivity contribution >= 4 is 34.7 Å². The molecule has 0 spiro atoms. The summed E-state index contributed by atoms with van der Waals surface area (Å²) in [4.78, 5) is 18.0. The maximum absolute atomic E-state index is 13.5. The molecule has 3 heterocycles. The number of hydrazone groups is 1. The van der Waals surface area contributed by atoms with Crippen LogP contribution in [-0.2, 0) is 9.53 Å². The van der Waals surface area contributed by atoms with E-state index >= 15 is 0 Å². The van der Waals surface area contributed by atoms with Crippen LogP contribution in [0.1, 0.15) is 19.8 Å². The maximum Gasteiger partial charge on any atom is 0.431 e. The number of nitrogens with zero attached hydrogens (tertiary/aromatic N) is 4. The number of piperidine rings is 1. The lowest BCUT2D eigenvalue weighted by Gasteiger charge is -2.39. The highest BCUT2D eigenvalue weighted by molar-refractivity contribution is 6.33. The molecule has 1 N–H and O–H groups in total. The molecule has 2 aliphatic rings. The molecule has 2 aromatic rings. The molecule has 4 rings (SSSR count). The second kappa shape index (κ2) is 11.9. The van der Waals surface area contributed by atoms with Gasteiger partial charge in [-0.1, -0.05) is 18.5 Å². The molecule has 1 aromatic heterocycles. The van der Waals surface area contributed by atoms with Gasteiger partial charge in [0.2, 0.25) is 5.88 Å². The van der Waals surface area contributed by atoms with Crippen molar-refractivity contribution in [1.82, 2.24) is 4.98 Å². The molecule has 0 saturated carbocycles. The standard InChI is InChI=1S/C26H30ClF3N4O5/c1-15-20(11-24(36)38-3)34(32-25(15)26(28,29)30)17-4-6-18(7-5-17)39-22-8-9-33(13-16(22)14-35)21-10-23(37-2)31-12-19(21)27/h4-7,10,12,15-16,20,22,35H,8-9,11,13-14H2,1-3H3/t15-,16-,20-,22+/m0/s1. The van der Waals surface area contributed by atoms with Crippen LogP contribution >= 0.6 is 11.6 Å². The minimum Gasteiger partial charge on any atom is -0.490 e. The highest BCUT2D eigenvalue weighted by Gasteiger charge is 2.49. The van der Waals surface area contributed by atoms with Gasteiger partial charge in [-0.3, -0.25) is 9.80 Å². The van der Waals surface area contributed by atoms with Crippen LogP contribution in [-0.4, -0.2) is 74.0 Å². The van der Waals surface area contributed by atoms with Crippen molar-refractivity contribution in [3.05, 3.63) is 41.6 Å². The van der Waals surface area contributed by atoms with E-state index in [0.29, 0.717) is 41.8 Å². The lowest BCUT2D eigenvalue weighted by Crippen LogP contribution is -2.47. The van der Waals surface area contributed by atoms with Gasteiger partial charge in [-0.2, -0.15) is 18.3 Å². The summed E-state index contributed by atoms with van der Waals surface area (Å²) >= 11 is 6.35. The van der Waals surface area contributed by atoms with E-state index in [4.69, 9.17) is 21.1 Å². The van der Waals surface area contributed by atoms with Crippen molar-refractivity contribution in [3.8, 4) is 11.6 Å². The van der Waals surface area contributed by atoms with Crippen LogP contribution in [0.4, 0.5) is 24.5 Å². The lowest BCUT2D eigenvalue weighted by molar-refractivity contribution is -0.141. The van der Waals surface area contributed by atoms with Crippen molar-refractivity contribution in [1.29, 1.82) is 0 Å². The number of hydrogen-bond acceptors (Lipinski definition) is 9. The Kier molecular flexibility index (Phi) is 8.75. The molecular formula is C26H30ClF3N4O5. The van der Waals surface area contributed by atoms with E-state index < -0.39 is 29.8 Å². The van der Waals surface area contributed by atoms with Gasteiger partial charge < -0.3 is 24.2 Å². The van der Waals surface area contributed by atoms with Gasteiger partial charge in [0.05, 0.1) is 55.9 Å². The van der Waals surface area contributed by atoms with Crippen LogP contribution in [0.15, 0.2) is 41.6 Å². The van der Waals surface area contributed by atoms with Crippen molar-refractivity contribution in [3.63, 3.8) is 0 Å². The summed E-state index contributed by atoms with van der Waals surface area (Å²) in [5, 5.41) is 15.6. The Morgan fingerprint density at radius 2 is 1.95 bits per heavy atom. The SMILES string of the molecule is COC(=O)C[C@H]1[C@H](C)C(C(F)(F)F)=NN1c1ccc(O[C@@H]2CCN(c3cc(OC)ncc3Cl)C[C@H]2CO)cc1. The minimum absolute atomic E-state index is 0.116. The van der Waals surface area contributed by atoms with E-state index in [1.807, 2.05) is 4.90 Å². The summed E-state index contributed by atoms with van der Waals surface area (Å²) in [5.41, 5.74) is 0.197. The van der Waals surface area contributed by atoms with E-state index in [1.165, 1.54) is 32.3 Å². The van der Waals surface area contributed by atoms with Crippen molar-refractivity contribution < 1.29 is 37.3 Å². The fourth-order valence-corrected chi connectivity index (χ4v) is 5.16. The highest BCUT2D eigenvalue weighted by atomic mass is 35.5. The molecule has 212 valence electrons. The molecule has 1 aromatic carbocycles. The number of ether oxygens (including phenoxy) is 3. The van der Waals surface area contributed by atoms with Crippen LogP contribution in [0.2, 0.25) is 5.02 Å². The average Bonchev–Trinajstić information content (AvgIpc) is 3.25. The number of esters is 1. The molecule has 0 amide bonds. The molecule has 1 saturated heterocycles. The first-order chi connectivity index (χ1) is 18.5. The monoisotopic (exact) mass is 570 g/mol. The Morgan fingerprint density at radius 3 is 2.56 bits per heavy atom. The molecule has 4 atom stereocenters. The molecule has 1 fully saturated rings. The highest BCUT2D eigenvalue weighted by Crippen LogP contribution is 2.38. The smallest absolute Gasteiger partial charge is 0.431 e. The zero-order chi connectivity index (χ0) is 28.3. The molecule has 0 bridgehead atoms. The molecule has 9 nitrogen and oxygen atoms in total. The third-order valence-electron chi connectivity index (χ3n) is 7.08. The van der Waals surface area contributed by atoms with Crippen LogP contribution < -0.4 is 19.4 Å². The van der Waals surface area contributed by atoms with Crippen LogP contribution in [0.5, 0.6) is 11.6 Å². The van der Waals surface area contributed by atoms with E-state index in [1.54, 1.807) is 30.3 Å². The number of anilines is 2. The fourth-order valence-electron chi connectivity index (χ4n) is 4.93. The number of alkyl halides is 3. The molecule has 13 heteroatoms. The quantitative estimate of drug-likeness (QED) is 0.469. The van der Waals surface area contributed by atoms with Gasteiger partial charge in [0, 0.05) is 37.4 Å². The van der Waals surface area contributed by atoms with Crippen molar-refractivity contribution in [2.75, 3.05) is 43.8 Å². The van der Waals surface area contributed by atoms with Gasteiger partial charge in [-0.25, -0.2) is 4.98 Å². The number of hydrogen-bond donors (Lipinski definition) is 1. The van der Waals surface area contributed by atoms with Crippen LogP contribution in [0, 0.1) is 11.8 Å². The van der Waals surface area contributed by atoms with E-state index in [9.17, 15) is 23.1 Å². The van der Waals surface area contributed by atoms with Crippen LogP contribution in [0.3, 0.4) is 0 Å². The topological polar surface area (TPSA) is 96.7 Å². The van der Waals surface area contributed by atoms with Gasteiger partial charge >= 0.3 is 12.1 Å². The Labute approximate surface area is 229 Å². The van der Waals surface area contributed by atoms with Gasteiger partial charge in [0.15, 0.2) is 0 Å². The summed E-state index contributed by atoms with van der Waals surface area (Å²) < 4.78 is 56.7. The van der Waals surface area contributed by atoms with Gasteiger partial charge in [0.1, 0.15) is 17.6 Å². The summed E-state index contributed by atoms with van der Waals surface area (Å²) in [6, 6.07) is 7.38. The Hall–Kier alpha value is -3.25. The second-order valence-corrected chi connectivity index (χ2v) is 9.88. The van der Waals surface area contributed by atoms with Crippen molar-refractivity contribution in [2.24, 2.45) is 16.9 Å². The minimum atomic E-state index is -4.62. The number of rotatable bonds is 8. The summed E-state index contributed by atoms with van der Waals surface area (Å²) in [6.07, 6.45) is -3.05. The van der Waals surface area contributed by atoms with E-state index in [-0.39, 0.29) is 25.0 Å². The first-order valence-electron chi connectivity index (χ1n) is 12.4. The van der Waals surface area contributed by atoms with E-state index in [0.717, 1.165) is 5.69 Å². The second-order valence-electron chi connectivity index (χ2n) is 9.47. The number of carbonyl (C=O) groups is 1. The fraction of sp³-hybridized carbons (Fsp3) is 0.500. The maximum atomic E-state index is 13.5. The Balaban J connectivity index is 1.47. The Bertz CT molecular complexity index is 1200. The third kappa shape index (κ3) is 6.33. The first-order valence-corrected chi connectivity index (χ1v) is 12.8. The van der Waals surface area contributed by atoms with Gasteiger partial charge in [-0.05, 0) is 24.3 Å². The number of carbonyl (C=O) groups excluding carboxylic acids is 1. The van der Waals surface area contributed by atoms with E-state index in [2.05, 4.69) is 14.8 Å². The predicted molar refractivity (Wildman–Crippen MR) is 140 cm³/mol. The predicted octanol–water partition coefficient (Wildman–Crippen LogP) is 4.32. The molecule has 39 heavy (non-hydrogen) atoms. The lowest BCUT2D eigenvalue weighted by atomic mass is 9.94. The summed E-state index contributed by atoms with van der Waals surface area (Å²) in [7, 11) is 2.71. The number of aliphatic hydroxyl groups excluding tert-OH is 1. The summed E-state index contributed by atoms with van der Waals surface area (Å²) in [5.74, 6) is -0.943. The third-order valence-corrected chi connectivity index (χ3v) is 7.37. The van der Waals surface area contributed by atoms with Gasteiger partial charge in [0.25, 0.3) is 0 Å². The number of benzene rings is 1. The molecule has 0 unspecified atom stereocenters. The Morgan fingerprint density at radius 1 is 1.23 bits per heavy atom. The van der Waals surface area contributed by atoms with Gasteiger partial charge in [-0.15, -0.1) is 0 Å². The largest absolute Gasteiger partial charge is 0.490 e. The average molecular weight is 571 g/mol. The number of aliphatic hydroxyl groups is 1. The summed E-state index contributed by atoms with van der Waals surface area (Å²) in [6.45, 7) is 2.38. The normalized spacial score (nSPS) is 23.4. The van der Waals surface area contributed by atoms with Crippen LogP contribution in [0.25, 0.3) is 0 Å². The first kappa shape index (κ1) is 28.8. The molecule has 0 aliphatic carbocycles. The molecule has 2 aliphatic heterocycles.